The number of hydrogen-bond acceptors (Lipinski definition) is 1. The number of Topliss-reactive ketones (excluding diaryl/α,β-unsaturated/α-hetero) is 1. The first-order valence-corrected chi connectivity index (χ1v) is 15.1. The molecule has 3 rings (SSSR count). The van der Waals surface area contributed by atoms with Gasteiger partial charge in [-0.2, -0.15) is 0 Å². The lowest BCUT2D eigenvalue weighted by molar-refractivity contribution is -0.123. The minimum atomic E-state index is 0.273. The highest BCUT2D eigenvalue weighted by atomic mass is 16.1. The fraction of sp³-hybridized carbons (Fsp3) is 0.571. The van der Waals surface area contributed by atoms with Gasteiger partial charge >= 0.3 is 0 Å². The van der Waals surface area contributed by atoms with Crippen molar-refractivity contribution >= 4 is 17.4 Å². The van der Waals surface area contributed by atoms with Gasteiger partial charge in [-0.25, -0.2) is 0 Å². The smallest absolute Gasteiger partial charge is 0.135 e. The molecule has 0 heterocycles. The Kier molecular flexibility index (Phi) is 14.5. The Morgan fingerprint density at radius 1 is 0.833 bits per heavy atom. The van der Waals surface area contributed by atoms with Crippen molar-refractivity contribution in [2.45, 2.75) is 124 Å². The molecule has 0 N–H and O–H groups in total. The van der Waals surface area contributed by atoms with E-state index in [4.69, 9.17) is 0 Å². The standard InChI is InChI=1S/C33H46O.C2H6/c1-4-6-7-8-9-10-11-23-33(34)28(5-2)19-13-12-17-27-18-16-21-29(24-27)32-25-30-20-14-15-22-31(30)26(32)3;1-2/h14-16,18,20-22,24-26,28H,4-13,17,19,23H2,1-3H3;1-2H3. The molecule has 0 aromatic heterocycles. The molecule has 1 nitrogen and oxygen atoms in total. The second-order valence-corrected chi connectivity index (χ2v) is 10.3. The van der Waals surface area contributed by atoms with Crippen molar-refractivity contribution < 1.29 is 4.79 Å². The second kappa shape index (κ2) is 17.3. The van der Waals surface area contributed by atoms with E-state index in [1.807, 2.05) is 13.8 Å². The Hall–Kier alpha value is -2.15. The maximum Gasteiger partial charge on any atom is 0.135 e. The number of hydrogen-bond donors (Lipinski definition) is 0. The highest BCUT2D eigenvalue weighted by Crippen LogP contribution is 2.41. The van der Waals surface area contributed by atoms with Gasteiger partial charge in [-0.05, 0) is 59.9 Å². The van der Waals surface area contributed by atoms with Crippen LogP contribution in [0.2, 0.25) is 0 Å². The monoisotopic (exact) mass is 488 g/mol. The van der Waals surface area contributed by atoms with Crippen molar-refractivity contribution in [2.75, 3.05) is 0 Å². The first-order chi connectivity index (χ1) is 17.6. The molecule has 0 bridgehead atoms. The summed E-state index contributed by atoms with van der Waals surface area (Å²) in [5.74, 6) is 1.24. The van der Waals surface area contributed by atoms with Crippen LogP contribution in [0.25, 0.3) is 11.6 Å². The SMILES string of the molecule is CC.CCCCCCCCCC(=O)C(CC)CCCCc1cccc(C2=Cc3ccccc3C2C)c1. The maximum atomic E-state index is 12.7. The van der Waals surface area contributed by atoms with E-state index in [9.17, 15) is 4.79 Å². The van der Waals surface area contributed by atoms with Crippen LogP contribution < -0.4 is 0 Å². The molecular weight excluding hydrogens is 436 g/mol. The fourth-order valence-corrected chi connectivity index (χ4v) is 5.51. The van der Waals surface area contributed by atoms with Gasteiger partial charge in [-0.3, -0.25) is 4.79 Å². The van der Waals surface area contributed by atoms with Crippen LogP contribution in [-0.4, -0.2) is 5.78 Å². The molecule has 2 atom stereocenters. The predicted octanol–water partition coefficient (Wildman–Crippen LogP) is 10.8. The first kappa shape index (κ1) is 30.1. The summed E-state index contributed by atoms with van der Waals surface area (Å²) in [7, 11) is 0. The molecule has 1 aliphatic carbocycles. The van der Waals surface area contributed by atoms with E-state index >= 15 is 0 Å². The van der Waals surface area contributed by atoms with E-state index in [1.54, 1.807) is 0 Å². The van der Waals surface area contributed by atoms with Crippen LogP contribution in [-0.2, 0) is 11.2 Å². The first-order valence-electron chi connectivity index (χ1n) is 15.1. The Morgan fingerprint density at radius 3 is 2.28 bits per heavy atom. The van der Waals surface area contributed by atoms with Crippen LogP contribution in [0.4, 0.5) is 0 Å². The lowest BCUT2D eigenvalue weighted by atomic mass is 9.90. The predicted molar refractivity (Wildman–Crippen MR) is 159 cm³/mol. The van der Waals surface area contributed by atoms with E-state index in [0.29, 0.717) is 11.7 Å². The average Bonchev–Trinajstić information content (AvgIpc) is 3.26. The zero-order valence-electron chi connectivity index (χ0n) is 24.0. The zero-order valence-corrected chi connectivity index (χ0v) is 24.0. The zero-order chi connectivity index (χ0) is 26.2. The Morgan fingerprint density at radius 2 is 1.56 bits per heavy atom. The highest BCUT2D eigenvalue weighted by Gasteiger charge is 2.22. The van der Waals surface area contributed by atoms with Gasteiger partial charge in [0.2, 0.25) is 0 Å². The van der Waals surface area contributed by atoms with E-state index in [-0.39, 0.29) is 5.92 Å². The van der Waals surface area contributed by atoms with Crippen molar-refractivity contribution in [3.05, 3.63) is 70.8 Å². The fourth-order valence-electron chi connectivity index (χ4n) is 5.51. The van der Waals surface area contributed by atoms with E-state index in [0.717, 1.165) is 38.5 Å². The van der Waals surface area contributed by atoms with E-state index in [2.05, 4.69) is 75.4 Å². The van der Waals surface area contributed by atoms with Gasteiger partial charge < -0.3 is 0 Å². The third-order valence-corrected chi connectivity index (χ3v) is 7.74. The van der Waals surface area contributed by atoms with Crippen LogP contribution in [0.3, 0.4) is 0 Å². The molecule has 0 saturated heterocycles. The highest BCUT2D eigenvalue weighted by molar-refractivity contribution is 5.91. The summed E-state index contributed by atoms with van der Waals surface area (Å²) in [6, 6.07) is 17.9. The molecule has 2 aromatic rings. The summed E-state index contributed by atoms with van der Waals surface area (Å²) in [5, 5.41) is 0. The number of allylic oxidation sites excluding steroid dienone is 1. The second-order valence-electron chi connectivity index (χ2n) is 10.3. The normalized spacial score (nSPS) is 15.0. The molecule has 36 heavy (non-hydrogen) atoms. The number of benzene rings is 2. The number of fused-ring (bicyclic) bond motifs is 1. The number of ketones is 1. The van der Waals surface area contributed by atoms with Gasteiger partial charge in [0.1, 0.15) is 5.78 Å². The van der Waals surface area contributed by atoms with Crippen molar-refractivity contribution in [1.29, 1.82) is 0 Å². The maximum absolute atomic E-state index is 12.7. The van der Waals surface area contributed by atoms with Crippen LogP contribution >= 0.6 is 0 Å². The lowest BCUT2D eigenvalue weighted by Gasteiger charge is -2.14. The molecule has 0 aliphatic heterocycles. The summed E-state index contributed by atoms with van der Waals surface area (Å²) in [4.78, 5) is 12.7. The van der Waals surface area contributed by atoms with Crippen LogP contribution in [0, 0.1) is 5.92 Å². The summed E-state index contributed by atoms with van der Waals surface area (Å²) >= 11 is 0. The molecular formula is C35H52O. The molecule has 0 amide bonds. The van der Waals surface area contributed by atoms with Gasteiger partial charge in [0, 0.05) is 18.3 Å². The van der Waals surface area contributed by atoms with Crippen LogP contribution in [0.5, 0.6) is 0 Å². The summed E-state index contributed by atoms with van der Waals surface area (Å²) < 4.78 is 0. The molecule has 1 aliphatic rings. The lowest BCUT2D eigenvalue weighted by Crippen LogP contribution is -2.13. The largest absolute Gasteiger partial charge is 0.299 e. The molecule has 0 radical (unpaired) electrons. The molecule has 198 valence electrons. The minimum Gasteiger partial charge on any atom is -0.299 e. The van der Waals surface area contributed by atoms with Crippen LogP contribution in [0.1, 0.15) is 140 Å². The van der Waals surface area contributed by atoms with E-state index in [1.165, 1.54) is 72.8 Å². The van der Waals surface area contributed by atoms with Crippen LogP contribution in [0.15, 0.2) is 48.5 Å². The molecule has 0 fully saturated rings. The number of rotatable bonds is 16. The molecule has 1 heteroatoms. The van der Waals surface area contributed by atoms with Crippen molar-refractivity contribution in [3.63, 3.8) is 0 Å². The van der Waals surface area contributed by atoms with Gasteiger partial charge in [-0.1, -0.05) is 134 Å². The van der Waals surface area contributed by atoms with Crippen molar-refractivity contribution in [2.24, 2.45) is 5.92 Å². The molecule has 0 spiro atoms. The Balaban J connectivity index is 0.00000222. The van der Waals surface area contributed by atoms with E-state index < -0.39 is 0 Å². The number of carbonyl (C=O) groups excluding carboxylic acids is 1. The van der Waals surface area contributed by atoms with Gasteiger partial charge in [-0.15, -0.1) is 0 Å². The van der Waals surface area contributed by atoms with Gasteiger partial charge in [0.25, 0.3) is 0 Å². The number of carbonyl (C=O) groups is 1. The van der Waals surface area contributed by atoms with Crippen molar-refractivity contribution in [3.8, 4) is 0 Å². The Bertz CT molecular complexity index is 922. The number of aryl methyl sites for hydroxylation is 1. The minimum absolute atomic E-state index is 0.273. The summed E-state index contributed by atoms with van der Waals surface area (Å²) in [6.45, 7) is 10.8. The molecule has 0 saturated carbocycles. The molecule has 2 unspecified atom stereocenters. The Labute approximate surface area is 222 Å². The molecule has 2 aromatic carbocycles. The topological polar surface area (TPSA) is 17.1 Å². The average molecular weight is 489 g/mol. The third kappa shape index (κ3) is 9.38. The van der Waals surface area contributed by atoms with Gasteiger partial charge in [0.15, 0.2) is 0 Å². The summed E-state index contributed by atoms with van der Waals surface area (Å²) in [6.07, 6.45) is 17.6. The van der Waals surface area contributed by atoms with Gasteiger partial charge in [0.05, 0.1) is 0 Å². The quantitative estimate of drug-likeness (QED) is 0.215. The van der Waals surface area contributed by atoms with Crippen molar-refractivity contribution in [1.82, 2.24) is 0 Å². The summed E-state index contributed by atoms with van der Waals surface area (Å²) in [5.41, 5.74) is 7.02. The number of unbranched alkanes of at least 4 members (excludes halogenated alkanes) is 7. The third-order valence-electron chi connectivity index (χ3n) is 7.74.